The summed E-state index contributed by atoms with van der Waals surface area (Å²) in [5, 5.41) is 2.70. The molecular formula is C32H28FN3O4. The number of hydrogen-bond acceptors (Lipinski definition) is 4. The van der Waals surface area contributed by atoms with Gasteiger partial charge in [-0.05, 0) is 41.0 Å². The van der Waals surface area contributed by atoms with Gasteiger partial charge in [0.2, 0.25) is 5.91 Å². The molecule has 1 aliphatic rings. The molecule has 1 heterocycles. The van der Waals surface area contributed by atoms with Crippen LogP contribution in [0, 0.1) is 5.82 Å². The molecule has 0 unspecified atom stereocenters. The second-order valence-corrected chi connectivity index (χ2v) is 9.60. The molecule has 0 radical (unpaired) electrons. The van der Waals surface area contributed by atoms with Crippen molar-refractivity contribution >= 4 is 23.6 Å². The zero-order valence-electron chi connectivity index (χ0n) is 21.9. The van der Waals surface area contributed by atoms with Gasteiger partial charge in [0.25, 0.3) is 5.91 Å². The number of benzene rings is 4. The largest absolute Gasteiger partial charge is 0.438 e. The number of cyclic esters (lactones) is 1. The maximum atomic E-state index is 14.1. The van der Waals surface area contributed by atoms with Crippen LogP contribution >= 0.6 is 0 Å². The van der Waals surface area contributed by atoms with Gasteiger partial charge in [-0.3, -0.25) is 14.5 Å². The van der Waals surface area contributed by atoms with E-state index in [4.69, 9.17) is 4.74 Å². The Morgan fingerprint density at radius 1 is 0.875 bits per heavy atom. The summed E-state index contributed by atoms with van der Waals surface area (Å²) in [7, 11) is 1.70. The number of amides is 3. The zero-order valence-corrected chi connectivity index (χ0v) is 21.9. The number of rotatable bonds is 8. The molecule has 3 amide bonds. The highest BCUT2D eigenvalue weighted by Gasteiger charge is 2.48. The molecule has 1 aliphatic heterocycles. The van der Waals surface area contributed by atoms with Gasteiger partial charge in [0.15, 0.2) is 12.1 Å². The topological polar surface area (TPSA) is 79.0 Å². The van der Waals surface area contributed by atoms with Crippen LogP contribution in [0.5, 0.6) is 0 Å². The van der Waals surface area contributed by atoms with Crippen LogP contribution < -0.4 is 5.32 Å². The summed E-state index contributed by atoms with van der Waals surface area (Å²) in [6, 6.07) is 30.4. The monoisotopic (exact) mass is 537 g/mol. The summed E-state index contributed by atoms with van der Waals surface area (Å²) in [4.78, 5) is 42.8. The molecule has 0 aliphatic carbocycles. The Labute approximate surface area is 231 Å². The summed E-state index contributed by atoms with van der Waals surface area (Å²) >= 11 is 0. The Morgan fingerprint density at radius 2 is 1.52 bits per heavy atom. The molecule has 1 N–H and O–H groups in total. The van der Waals surface area contributed by atoms with Crippen molar-refractivity contribution in [2.24, 2.45) is 0 Å². The molecule has 1 saturated heterocycles. The number of hydrogen-bond donors (Lipinski definition) is 1. The molecule has 0 saturated carbocycles. The van der Waals surface area contributed by atoms with Crippen molar-refractivity contribution in [1.29, 1.82) is 0 Å². The Morgan fingerprint density at radius 3 is 2.23 bits per heavy atom. The molecule has 0 aromatic heterocycles. The van der Waals surface area contributed by atoms with E-state index in [2.05, 4.69) is 5.32 Å². The van der Waals surface area contributed by atoms with Crippen molar-refractivity contribution in [3.05, 3.63) is 137 Å². The predicted molar refractivity (Wildman–Crippen MR) is 149 cm³/mol. The quantitative estimate of drug-likeness (QED) is 0.308. The summed E-state index contributed by atoms with van der Waals surface area (Å²) < 4.78 is 19.9. The van der Waals surface area contributed by atoms with Gasteiger partial charge < -0.3 is 15.0 Å². The first kappa shape index (κ1) is 26.6. The van der Waals surface area contributed by atoms with Crippen molar-refractivity contribution in [1.82, 2.24) is 9.80 Å². The van der Waals surface area contributed by atoms with Crippen LogP contribution in [0.25, 0.3) is 0 Å². The molecule has 1 fully saturated rings. The highest BCUT2D eigenvalue weighted by atomic mass is 19.1. The summed E-state index contributed by atoms with van der Waals surface area (Å²) in [6.07, 6.45) is -1.53. The highest BCUT2D eigenvalue weighted by molar-refractivity contribution is 6.04. The third-order valence-corrected chi connectivity index (χ3v) is 6.76. The summed E-state index contributed by atoms with van der Waals surface area (Å²) in [5.41, 5.74) is 2.63. The van der Waals surface area contributed by atoms with E-state index in [-0.39, 0.29) is 18.0 Å². The van der Waals surface area contributed by atoms with Crippen molar-refractivity contribution in [3.63, 3.8) is 0 Å². The van der Waals surface area contributed by atoms with Crippen molar-refractivity contribution < 1.29 is 23.5 Å². The molecule has 4 aromatic rings. The van der Waals surface area contributed by atoms with Crippen LogP contribution in [0.2, 0.25) is 0 Å². The number of nitrogens with zero attached hydrogens (tertiary/aromatic N) is 2. The minimum absolute atomic E-state index is 0.0928. The maximum Gasteiger partial charge on any atom is 0.411 e. The molecule has 40 heavy (non-hydrogen) atoms. The van der Waals surface area contributed by atoms with Gasteiger partial charge in [0, 0.05) is 19.3 Å². The van der Waals surface area contributed by atoms with Crippen molar-refractivity contribution in [2.75, 3.05) is 12.4 Å². The number of carbonyl (C=O) groups excluding carboxylic acids is 3. The average molecular weight is 538 g/mol. The lowest BCUT2D eigenvalue weighted by Crippen LogP contribution is -2.46. The second-order valence-electron chi connectivity index (χ2n) is 9.60. The fourth-order valence-electron chi connectivity index (χ4n) is 4.77. The fraction of sp³-hybridized carbons (Fsp3) is 0.156. The molecule has 202 valence electrons. The zero-order chi connectivity index (χ0) is 28.1. The van der Waals surface area contributed by atoms with Gasteiger partial charge in [0.1, 0.15) is 5.82 Å². The van der Waals surface area contributed by atoms with Crippen LogP contribution in [0.1, 0.15) is 33.2 Å². The van der Waals surface area contributed by atoms with Crippen LogP contribution in [0.4, 0.5) is 14.9 Å². The summed E-state index contributed by atoms with van der Waals surface area (Å²) in [5.74, 6) is -1.53. The summed E-state index contributed by atoms with van der Waals surface area (Å²) in [6.45, 7) is 0.546. The van der Waals surface area contributed by atoms with E-state index in [1.165, 1.54) is 23.1 Å². The average Bonchev–Trinajstić information content (AvgIpc) is 3.29. The maximum absolute atomic E-state index is 14.1. The number of carbonyl (C=O) groups is 3. The minimum Gasteiger partial charge on any atom is -0.438 e. The first-order chi connectivity index (χ1) is 19.4. The van der Waals surface area contributed by atoms with Gasteiger partial charge in [-0.25, -0.2) is 9.18 Å². The van der Waals surface area contributed by atoms with Gasteiger partial charge in [0.05, 0.1) is 12.1 Å². The lowest BCUT2D eigenvalue weighted by Gasteiger charge is -2.28. The lowest BCUT2D eigenvalue weighted by atomic mass is 9.99. The second kappa shape index (κ2) is 11.8. The van der Waals surface area contributed by atoms with Crippen molar-refractivity contribution in [2.45, 2.75) is 25.2 Å². The molecule has 8 heteroatoms. The number of nitrogens with one attached hydrogen (secondary N) is 1. The Hall–Kier alpha value is -4.98. The third kappa shape index (κ3) is 5.86. The third-order valence-electron chi connectivity index (χ3n) is 6.76. The highest BCUT2D eigenvalue weighted by Crippen LogP contribution is 2.36. The Balaban J connectivity index is 1.44. The van der Waals surface area contributed by atoms with Crippen LogP contribution in [-0.2, 0) is 22.6 Å². The molecule has 2 atom stereocenters. The van der Waals surface area contributed by atoms with E-state index in [1.807, 2.05) is 60.7 Å². The smallest absolute Gasteiger partial charge is 0.411 e. The van der Waals surface area contributed by atoms with Crippen LogP contribution in [0.15, 0.2) is 109 Å². The van der Waals surface area contributed by atoms with E-state index in [9.17, 15) is 18.8 Å². The molecule has 0 spiro atoms. The predicted octanol–water partition coefficient (Wildman–Crippen LogP) is 5.80. The van der Waals surface area contributed by atoms with Gasteiger partial charge in [-0.15, -0.1) is 0 Å². The van der Waals surface area contributed by atoms with E-state index in [0.29, 0.717) is 17.8 Å². The minimum atomic E-state index is -0.945. The van der Waals surface area contributed by atoms with Crippen LogP contribution in [0.3, 0.4) is 0 Å². The van der Waals surface area contributed by atoms with E-state index >= 15 is 0 Å². The van der Waals surface area contributed by atoms with E-state index in [1.54, 1.807) is 42.3 Å². The normalized spacial score (nSPS) is 16.4. The van der Waals surface area contributed by atoms with E-state index in [0.717, 1.165) is 11.1 Å². The SMILES string of the molecule is CN(Cc1ccccc1)C(=O)[C@@H]1[C@@H](c2cccc(NC(=O)c3ccccc3F)c2)OC(=O)N1Cc1ccccc1. The number of anilines is 1. The Kier molecular flexibility index (Phi) is 7.87. The Bertz CT molecular complexity index is 1510. The molecule has 5 rings (SSSR count). The standard InChI is InChI=1S/C32H28FN3O4/c1-35(20-22-11-4-2-5-12-22)31(38)28-29(40-32(39)36(28)21-23-13-6-3-7-14-23)24-15-10-16-25(19-24)34-30(37)26-17-8-9-18-27(26)33/h2-19,28-29H,20-21H2,1H3,(H,34,37)/t28-,29+/m0/s1. The molecule has 7 nitrogen and oxygen atoms in total. The van der Waals surface area contributed by atoms with Crippen LogP contribution in [-0.4, -0.2) is 40.8 Å². The molecule has 0 bridgehead atoms. The van der Waals surface area contributed by atoms with Gasteiger partial charge in [-0.2, -0.15) is 0 Å². The number of halogens is 1. The lowest BCUT2D eigenvalue weighted by molar-refractivity contribution is -0.136. The molecule has 4 aromatic carbocycles. The first-order valence-corrected chi connectivity index (χ1v) is 12.9. The van der Waals surface area contributed by atoms with E-state index < -0.39 is 30.0 Å². The number of likely N-dealkylation sites (N-methyl/N-ethyl adjacent to an activating group) is 1. The molecular weight excluding hydrogens is 509 g/mol. The first-order valence-electron chi connectivity index (χ1n) is 12.9. The fourth-order valence-corrected chi connectivity index (χ4v) is 4.77. The van der Waals surface area contributed by atoms with Crippen molar-refractivity contribution in [3.8, 4) is 0 Å². The van der Waals surface area contributed by atoms with Gasteiger partial charge in [-0.1, -0.05) is 84.9 Å². The number of ether oxygens (including phenoxy) is 1. The van der Waals surface area contributed by atoms with Gasteiger partial charge >= 0.3 is 6.09 Å².